The highest BCUT2D eigenvalue weighted by atomic mass is 35.5. The Kier molecular flexibility index (Phi) is 12.9. The maximum absolute atomic E-state index is 11.8. The zero-order valence-corrected chi connectivity index (χ0v) is 16.3. The highest BCUT2D eigenvalue weighted by Crippen LogP contribution is 2.18. The van der Waals surface area contributed by atoms with Crippen LogP contribution in [0.15, 0.2) is 23.4 Å². The molecule has 0 saturated heterocycles. The standard InChI is InChI=1S/C19H31NO4.ClH/c1-3-5-6-7-8-9-10-11-18(21)24-15-20-13-12-16(4-2)17(14-20)19(22)23;/h12-13H,3-11,14-15H2,1-2H3,(H,22,23);1H. The maximum Gasteiger partial charge on any atom is 0.333 e. The molecule has 0 fully saturated rings. The Bertz CT molecular complexity index is 474. The Balaban J connectivity index is 0.00000576. The number of halogens is 1. The second-order valence-corrected chi connectivity index (χ2v) is 6.24. The number of hydrogen-bond donors (Lipinski definition) is 1. The Morgan fingerprint density at radius 3 is 2.36 bits per heavy atom. The largest absolute Gasteiger partial charge is 0.478 e. The third kappa shape index (κ3) is 9.54. The molecule has 1 N–H and O–H groups in total. The molecule has 6 heteroatoms. The third-order valence-electron chi connectivity index (χ3n) is 4.25. The van der Waals surface area contributed by atoms with Gasteiger partial charge in [0, 0.05) is 12.6 Å². The van der Waals surface area contributed by atoms with Crippen molar-refractivity contribution in [3.63, 3.8) is 0 Å². The molecule has 0 radical (unpaired) electrons. The van der Waals surface area contributed by atoms with Crippen LogP contribution in [0.1, 0.15) is 71.6 Å². The van der Waals surface area contributed by atoms with Crippen molar-refractivity contribution in [2.24, 2.45) is 0 Å². The number of aliphatic carboxylic acids is 1. The first-order chi connectivity index (χ1) is 11.6. The molecular formula is C19H32ClNO4. The molecule has 144 valence electrons. The number of rotatable bonds is 12. The number of carbonyl (C=O) groups excluding carboxylic acids is 1. The number of nitrogens with zero attached hydrogens (tertiary/aromatic N) is 1. The zero-order valence-electron chi connectivity index (χ0n) is 15.5. The second-order valence-electron chi connectivity index (χ2n) is 6.24. The highest BCUT2D eigenvalue weighted by Gasteiger charge is 2.19. The number of esters is 1. The van der Waals surface area contributed by atoms with Gasteiger partial charge in [0.1, 0.15) is 0 Å². The first kappa shape index (κ1) is 23.5. The minimum atomic E-state index is -0.907. The Morgan fingerprint density at radius 1 is 1.12 bits per heavy atom. The van der Waals surface area contributed by atoms with E-state index >= 15 is 0 Å². The maximum atomic E-state index is 11.8. The number of ether oxygens (including phenoxy) is 1. The van der Waals surface area contributed by atoms with E-state index in [0.29, 0.717) is 18.4 Å². The van der Waals surface area contributed by atoms with Crippen LogP contribution in [0.4, 0.5) is 0 Å². The molecule has 0 bridgehead atoms. The lowest BCUT2D eigenvalue weighted by Crippen LogP contribution is -2.30. The summed E-state index contributed by atoms with van der Waals surface area (Å²) in [6, 6.07) is 0. The van der Waals surface area contributed by atoms with Gasteiger partial charge in [-0.3, -0.25) is 4.79 Å². The van der Waals surface area contributed by atoms with Gasteiger partial charge in [-0.15, -0.1) is 12.4 Å². The van der Waals surface area contributed by atoms with Crippen molar-refractivity contribution in [2.45, 2.75) is 71.6 Å². The van der Waals surface area contributed by atoms with Crippen LogP contribution in [0.3, 0.4) is 0 Å². The summed E-state index contributed by atoms with van der Waals surface area (Å²) in [6.07, 6.45) is 12.9. The summed E-state index contributed by atoms with van der Waals surface area (Å²) in [4.78, 5) is 24.7. The van der Waals surface area contributed by atoms with E-state index in [9.17, 15) is 14.7 Å². The molecule has 0 aliphatic carbocycles. The predicted octanol–water partition coefficient (Wildman–Crippen LogP) is 4.67. The molecule has 0 amide bonds. The molecule has 0 spiro atoms. The average Bonchev–Trinajstić information content (AvgIpc) is 2.58. The second kappa shape index (κ2) is 13.8. The summed E-state index contributed by atoms with van der Waals surface area (Å²) < 4.78 is 5.24. The molecule has 0 atom stereocenters. The first-order valence-electron chi connectivity index (χ1n) is 9.11. The lowest BCUT2D eigenvalue weighted by atomic mass is 10.0. The van der Waals surface area contributed by atoms with E-state index in [-0.39, 0.29) is 31.7 Å². The van der Waals surface area contributed by atoms with E-state index in [2.05, 4.69) is 6.92 Å². The minimum Gasteiger partial charge on any atom is -0.478 e. The molecule has 25 heavy (non-hydrogen) atoms. The molecule has 0 aromatic heterocycles. The van der Waals surface area contributed by atoms with Crippen LogP contribution in [-0.4, -0.2) is 35.2 Å². The number of carboxylic acids is 1. The van der Waals surface area contributed by atoms with Crippen molar-refractivity contribution in [3.8, 4) is 0 Å². The number of hydrogen-bond acceptors (Lipinski definition) is 4. The minimum absolute atomic E-state index is 0. The molecule has 5 nitrogen and oxygen atoms in total. The van der Waals surface area contributed by atoms with Crippen molar-refractivity contribution in [1.82, 2.24) is 4.90 Å². The van der Waals surface area contributed by atoms with E-state index in [4.69, 9.17) is 4.74 Å². The molecule has 0 aromatic carbocycles. The summed E-state index contributed by atoms with van der Waals surface area (Å²) in [6.45, 7) is 4.52. The molecular weight excluding hydrogens is 342 g/mol. The molecule has 0 saturated carbocycles. The molecule has 1 aliphatic rings. The van der Waals surface area contributed by atoms with Crippen LogP contribution < -0.4 is 0 Å². The van der Waals surface area contributed by atoms with Crippen molar-refractivity contribution in [1.29, 1.82) is 0 Å². The number of carbonyl (C=O) groups is 2. The highest BCUT2D eigenvalue weighted by molar-refractivity contribution is 5.89. The van der Waals surface area contributed by atoms with Crippen LogP contribution >= 0.6 is 12.4 Å². The van der Waals surface area contributed by atoms with E-state index in [1.807, 2.05) is 6.92 Å². The Morgan fingerprint density at radius 2 is 1.76 bits per heavy atom. The van der Waals surface area contributed by atoms with Crippen LogP contribution in [0.2, 0.25) is 0 Å². The fourth-order valence-corrected chi connectivity index (χ4v) is 2.73. The van der Waals surface area contributed by atoms with Gasteiger partial charge in [-0.2, -0.15) is 0 Å². The van der Waals surface area contributed by atoms with Crippen LogP contribution in [-0.2, 0) is 14.3 Å². The monoisotopic (exact) mass is 373 g/mol. The average molecular weight is 374 g/mol. The number of unbranched alkanes of at least 4 members (excludes halogenated alkanes) is 6. The van der Waals surface area contributed by atoms with Crippen molar-refractivity contribution in [2.75, 3.05) is 13.3 Å². The zero-order chi connectivity index (χ0) is 17.8. The van der Waals surface area contributed by atoms with E-state index in [0.717, 1.165) is 18.4 Å². The fraction of sp³-hybridized carbons (Fsp3) is 0.684. The van der Waals surface area contributed by atoms with Gasteiger partial charge in [0.15, 0.2) is 6.73 Å². The van der Waals surface area contributed by atoms with Crippen LogP contribution in [0.5, 0.6) is 0 Å². The molecule has 0 aromatic rings. The normalized spacial score (nSPS) is 13.6. The van der Waals surface area contributed by atoms with Gasteiger partial charge < -0.3 is 14.7 Å². The summed E-state index contributed by atoms with van der Waals surface area (Å²) in [7, 11) is 0. The van der Waals surface area contributed by atoms with Crippen molar-refractivity contribution in [3.05, 3.63) is 23.4 Å². The van der Waals surface area contributed by atoms with Gasteiger partial charge in [0.25, 0.3) is 0 Å². The summed E-state index contributed by atoms with van der Waals surface area (Å²) in [5.74, 6) is -1.12. The van der Waals surface area contributed by atoms with Crippen molar-refractivity contribution < 1.29 is 19.4 Å². The Hall–Kier alpha value is -1.49. The molecule has 1 heterocycles. The number of carboxylic acid groups (broad SMARTS) is 1. The first-order valence-corrected chi connectivity index (χ1v) is 9.11. The van der Waals surface area contributed by atoms with E-state index < -0.39 is 5.97 Å². The smallest absolute Gasteiger partial charge is 0.333 e. The summed E-state index contributed by atoms with van der Waals surface area (Å²) >= 11 is 0. The SMILES string of the molecule is CCCCCCCCCC(=O)OCN1C=CC(CC)=C(C(=O)O)C1.Cl. The fourth-order valence-electron chi connectivity index (χ4n) is 2.73. The molecule has 1 rings (SSSR count). The molecule has 0 unspecified atom stereocenters. The lowest BCUT2D eigenvalue weighted by molar-refractivity contribution is -0.147. The van der Waals surface area contributed by atoms with Crippen molar-refractivity contribution >= 4 is 24.3 Å². The summed E-state index contributed by atoms with van der Waals surface area (Å²) in [5, 5.41) is 9.23. The quantitative estimate of drug-likeness (QED) is 0.397. The topological polar surface area (TPSA) is 66.8 Å². The van der Waals surface area contributed by atoms with Gasteiger partial charge >= 0.3 is 11.9 Å². The van der Waals surface area contributed by atoms with Crippen LogP contribution in [0.25, 0.3) is 0 Å². The van der Waals surface area contributed by atoms with Gasteiger partial charge in [-0.05, 0) is 24.5 Å². The van der Waals surface area contributed by atoms with E-state index in [1.165, 1.54) is 32.1 Å². The van der Waals surface area contributed by atoms with Gasteiger partial charge in [-0.1, -0.05) is 52.4 Å². The summed E-state index contributed by atoms with van der Waals surface area (Å²) in [5.41, 5.74) is 1.20. The van der Waals surface area contributed by atoms with Gasteiger partial charge in [0.05, 0.1) is 12.1 Å². The molecule has 1 aliphatic heterocycles. The van der Waals surface area contributed by atoms with E-state index in [1.54, 1.807) is 17.2 Å². The number of allylic oxidation sites excluding steroid dienone is 2. The Labute approximate surface area is 157 Å². The van der Waals surface area contributed by atoms with Gasteiger partial charge in [-0.25, -0.2) is 4.79 Å². The lowest BCUT2D eigenvalue weighted by Gasteiger charge is -2.25. The predicted molar refractivity (Wildman–Crippen MR) is 102 cm³/mol. The van der Waals surface area contributed by atoms with Crippen LogP contribution in [0, 0.1) is 0 Å². The third-order valence-corrected chi connectivity index (χ3v) is 4.25. The van der Waals surface area contributed by atoms with Gasteiger partial charge in [0.2, 0.25) is 0 Å².